The molecule has 1 aromatic heterocycles. The van der Waals surface area contributed by atoms with Gasteiger partial charge in [-0.2, -0.15) is 0 Å². The molecule has 0 aromatic carbocycles. The van der Waals surface area contributed by atoms with Gasteiger partial charge in [-0.3, -0.25) is 14.4 Å². The predicted molar refractivity (Wildman–Crippen MR) is 111 cm³/mol. The van der Waals surface area contributed by atoms with Gasteiger partial charge in [0.2, 0.25) is 17.7 Å². The van der Waals surface area contributed by atoms with Crippen molar-refractivity contribution in [3.8, 4) is 0 Å². The minimum atomic E-state index is -1.07. The van der Waals surface area contributed by atoms with Crippen molar-refractivity contribution < 1.29 is 19.1 Å². The number of rotatable bonds is 5. The first-order valence-corrected chi connectivity index (χ1v) is 11.6. The van der Waals surface area contributed by atoms with E-state index < -0.39 is 29.6 Å². The highest BCUT2D eigenvalue weighted by atomic mass is 32.1. The molecule has 4 aliphatic rings. The molecule has 7 nitrogen and oxygen atoms in total. The topological polar surface area (TPSA) is 87.7 Å². The number of ether oxygens (including phenoxy) is 1. The molecule has 3 fully saturated rings. The summed E-state index contributed by atoms with van der Waals surface area (Å²) in [5.74, 6) is -1.83. The summed E-state index contributed by atoms with van der Waals surface area (Å²) >= 11 is 1.55. The Bertz CT molecular complexity index is 879. The lowest BCUT2D eigenvalue weighted by Gasteiger charge is -2.34. The summed E-state index contributed by atoms with van der Waals surface area (Å²) in [7, 11) is 1.57. The Labute approximate surface area is 179 Å². The summed E-state index contributed by atoms with van der Waals surface area (Å²) in [6.07, 6.45) is 8.59. The Kier molecular flexibility index (Phi) is 4.94. The fraction of sp³-hybridized carbons (Fsp3) is 0.591. The molecule has 160 valence electrons. The molecule has 2 bridgehead atoms. The normalized spacial score (nSPS) is 35.0. The molecule has 4 heterocycles. The maximum atomic E-state index is 13.6. The summed E-state index contributed by atoms with van der Waals surface area (Å²) in [6, 6.07) is 3.27. The first-order chi connectivity index (χ1) is 14.5. The van der Waals surface area contributed by atoms with Crippen LogP contribution >= 0.6 is 11.3 Å². The van der Waals surface area contributed by atoms with Crippen LogP contribution in [-0.2, 0) is 25.7 Å². The number of hydrogen-bond donors (Lipinski definition) is 2. The van der Waals surface area contributed by atoms with Crippen molar-refractivity contribution in [2.45, 2.75) is 62.4 Å². The molecule has 5 atom stereocenters. The molecule has 1 saturated carbocycles. The summed E-state index contributed by atoms with van der Waals surface area (Å²) < 4.78 is 6.27. The molecular formula is C22H27N3O4S. The summed E-state index contributed by atoms with van der Waals surface area (Å²) in [5, 5.41) is 7.82. The van der Waals surface area contributed by atoms with Gasteiger partial charge in [0.05, 0.1) is 24.5 Å². The van der Waals surface area contributed by atoms with Crippen LogP contribution in [0.15, 0.2) is 29.7 Å². The summed E-state index contributed by atoms with van der Waals surface area (Å²) in [6.45, 7) is 0.347. The van der Waals surface area contributed by atoms with Gasteiger partial charge in [-0.05, 0) is 24.3 Å². The van der Waals surface area contributed by atoms with Gasteiger partial charge in [-0.1, -0.05) is 37.5 Å². The second-order valence-electron chi connectivity index (χ2n) is 8.70. The third-order valence-corrected chi connectivity index (χ3v) is 7.89. The number of carbonyl (C=O) groups is 3. The van der Waals surface area contributed by atoms with E-state index in [9.17, 15) is 14.4 Å². The summed E-state index contributed by atoms with van der Waals surface area (Å²) in [4.78, 5) is 42.4. The van der Waals surface area contributed by atoms with Gasteiger partial charge in [0.25, 0.3) is 0 Å². The van der Waals surface area contributed by atoms with Crippen LogP contribution in [0.5, 0.6) is 0 Å². The zero-order chi connectivity index (χ0) is 20.9. The third-order valence-electron chi connectivity index (χ3n) is 7.03. The standard InChI is InChI=1S/C22H27N3O4S/c1-23-19(26)16-15-9-10-22(29-15)17(16)21(28)25(12-14-8-5-11-30-14)18(22)20(27)24-13-6-3-2-4-7-13/h5,8-11,13,15-18H,2-4,6-7,12H2,1H3,(H,23,26)(H,24,27). The van der Waals surface area contributed by atoms with E-state index in [2.05, 4.69) is 10.6 Å². The van der Waals surface area contributed by atoms with Crippen LogP contribution in [-0.4, -0.2) is 53.5 Å². The van der Waals surface area contributed by atoms with Crippen molar-refractivity contribution in [2.75, 3.05) is 7.05 Å². The highest BCUT2D eigenvalue weighted by Gasteiger charge is 2.72. The molecule has 3 amide bonds. The van der Waals surface area contributed by atoms with E-state index in [0.29, 0.717) is 6.54 Å². The number of carbonyl (C=O) groups excluding carboxylic acids is 3. The van der Waals surface area contributed by atoms with E-state index in [1.54, 1.807) is 23.3 Å². The number of fused-ring (bicyclic) bond motifs is 1. The van der Waals surface area contributed by atoms with Crippen molar-refractivity contribution >= 4 is 29.1 Å². The molecule has 1 aliphatic carbocycles. The Morgan fingerprint density at radius 2 is 2.07 bits per heavy atom. The molecule has 3 aliphatic heterocycles. The number of nitrogens with one attached hydrogen (secondary N) is 2. The number of thiophene rings is 1. The number of amides is 3. The molecule has 1 aromatic rings. The van der Waals surface area contributed by atoms with E-state index in [4.69, 9.17) is 4.74 Å². The van der Waals surface area contributed by atoms with Crippen LogP contribution in [0.4, 0.5) is 0 Å². The minimum Gasteiger partial charge on any atom is -0.359 e. The molecular weight excluding hydrogens is 402 g/mol. The van der Waals surface area contributed by atoms with Gasteiger partial charge in [0, 0.05) is 18.0 Å². The highest BCUT2D eigenvalue weighted by molar-refractivity contribution is 7.09. The average molecular weight is 430 g/mol. The van der Waals surface area contributed by atoms with E-state index in [1.807, 2.05) is 29.7 Å². The quantitative estimate of drug-likeness (QED) is 0.696. The van der Waals surface area contributed by atoms with Crippen LogP contribution in [0.1, 0.15) is 37.0 Å². The van der Waals surface area contributed by atoms with Crippen LogP contribution in [0, 0.1) is 11.8 Å². The third kappa shape index (κ3) is 2.92. The Morgan fingerprint density at radius 3 is 2.77 bits per heavy atom. The fourth-order valence-corrected chi connectivity index (χ4v) is 6.40. The summed E-state index contributed by atoms with van der Waals surface area (Å²) in [5.41, 5.74) is -1.07. The molecule has 5 unspecified atom stereocenters. The van der Waals surface area contributed by atoms with Crippen LogP contribution in [0.25, 0.3) is 0 Å². The maximum absolute atomic E-state index is 13.6. The van der Waals surface area contributed by atoms with E-state index in [-0.39, 0.29) is 23.8 Å². The van der Waals surface area contributed by atoms with Crippen molar-refractivity contribution in [1.29, 1.82) is 0 Å². The fourth-order valence-electron chi connectivity index (χ4n) is 5.70. The van der Waals surface area contributed by atoms with Crippen molar-refractivity contribution in [2.24, 2.45) is 11.8 Å². The molecule has 5 rings (SSSR count). The lowest BCUT2D eigenvalue weighted by Crippen LogP contribution is -2.56. The van der Waals surface area contributed by atoms with Crippen molar-refractivity contribution in [3.63, 3.8) is 0 Å². The monoisotopic (exact) mass is 429 g/mol. The van der Waals surface area contributed by atoms with Crippen molar-refractivity contribution in [3.05, 3.63) is 34.5 Å². The molecule has 2 N–H and O–H groups in total. The van der Waals surface area contributed by atoms with Crippen LogP contribution in [0.2, 0.25) is 0 Å². The predicted octanol–water partition coefficient (Wildman–Crippen LogP) is 1.59. The lowest BCUT2D eigenvalue weighted by atomic mass is 9.74. The van der Waals surface area contributed by atoms with E-state index in [0.717, 1.165) is 30.6 Å². The van der Waals surface area contributed by atoms with Gasteiger partial charge in [-0.25, -0.2) is 0 Å². The lowest BCUT2D eigenvalue weighted by molar-refractivity contribution is -0.142. The molecule has 2 saturated heterocycles. The zero-order valence-electron chi connectivity index (χ0n) is 17.0. The largest absolute Gasteiger partial charge is 0.359 e. The first-order valence-electron chi connectivity index (χ1n) is 10.8. The van der Waals surface area contributed by atoms with E-state index >= 15 is 0 Å². The van der Waals surface area contributed by atoms with Crippen LogP contribution < -0.4 is 10.6 Å². The van der Waals surface area contributed by atoms with Gasteiger partial charge in [-0.15, -0.1) is 11.3 Å². The zero-order valence-corrected chi connectivity index (χ0v) is 17.8. The first kappa shape index (κ1) is 19.8. The van der Waals surface area contributed by atoms with Gasteiger partial charge in [0.1, 0.15) is 11.6 Å². The number of likely N-dealkylation sites (tertiary alicyclic amines) is 1. The minimum absolute atomic E-state index is 0.137. The van der Waals surface area contributed by atoms with E-state index in [1.165, 1.54) is 6.42 Å². The Balaban J connectivity index is 1.49. The SMILES string of the molecule is CNC(=O)C1C2C=CC3(O2)C1C(=O)N(Cc1cccs1)C3C(=O)NC1CCCCC1. The second-order valence-corrected chi connectivity index (χ2v) is 9.74. The maximum Gasteiger partial charge on any atom is 0.246 e. The Morgan fingerprint density at radius 1 is 1.27 bits per heavy atom. The van der Waals surface area contributed by atoms with Crippen molar-refractivity contribution in [1.82, 2.24) is 15.5 Å². The molecule has 1 spiro atoms. The highest BCUT2D eigenvalue weighted by Crippen LogP contribution is 2.55. The average Bonchev–Trinajstić information content (AvgIpc) is 3.51. The number of hydrogen-bond acceptors (Lipinski definition) is 5. The molecule has 30 heavy (non-hydrogen) atoms. The number of nitrogens with zero attached hydrogens (tertiary/aromatic N) is 1. The second kappa shape index (κ2) is 7.50. The Hall–Kier alpha value is -2.19. The van der Waals surface area contributed by atoms with Gasteiger partial charge < -0.3 is 20.3 Å². The smallest absolute Gasteiger partial charge is 0.246 e. The molecule has 0 radical (unpaired) electrons. The van der Waals surface area contributed by atoms with Crippen LogP contribution in [0.3, 0.4) is 0 Å². The molecule has 8 heteroatoms. The van der Waals surface area contributed by atoms with Gasteiger partial charge >= 0.3 is 0 Å². The van der Waals surface area contributed by atoms with Gasteiger partial charge in [0.15, 0.2) is 0 Å².